The number of oxime groups is 1. The highest BCUT2D eigenvalue weighted by atomic mass is 16.8. The highest BCUT2D eigenvalue weighted by molar-refractivity contribution is 6.03. The number of nitrogens with zero attached hydrogens (tertiary/aromatic N) is 2. The van der Waals surface area contributed by atoms with E-state index in [2.05, 4.69) is 45.2 Å². The number of hydrogen-bond acceptors (Lipinski definition) is 12. The van der Waals surface area contributed by atoms with E-state index in [1.54, 1.807) is 17.1 Å². The van der Waals surface area contributed by atoms with Gasteiger partial charge in [-0.1, -0.05) is 48.4 Å². The van der Waals surface area contributed by atoms with Crippen molar-refractivity contribution >= 4 is 11.8 Å². The molecule has 13 nitrogen and oxygen atoms in total. The molecular weight excluding hydrogens is 841 g/mol. The molecule has 0 radical (unpaired) electrons. The van der Waals surface area contributed by atoms with Crippen molar-refractivity contribution in [2.45, 2.75) is 115 Å². The second-order valence-electron chi connectivity index (χ2n) is 18.0. The van der Waals surface area contributed by atoms with E-state index in [1.165, 1.54) is 5.56 Å². The molecule has 13 heteroatoms. The predicted molar refractivity (Wildman–Crippen MR) is 250 cm³/mol. The molecule has 2 N–H and O–H groups in total. The van der Waals surface area contributed by atoms with Crippen LogP contribution in [0.1, 0.15) is 98.8 Å². The lowest BCUT2D eigenvalue weighted by Crippen LogP contribution is -2.70. The summed E-state index contributed by atoms with van der Waals surface area (Å²) in [6.07, 6.45) is 12.5. The number of amides is 1. The van der Waals surface area contributed by atoms with Crippen LogP contribution in [0.3, 0.4) is 0 Å². The Bertz CT molecular complexity index is 2240. The molecule has 0 spiro atoms. The van der Waals surface area contributed by atoms with Gasteiger partial charge in [0.15, 0.2) is 11.5 Å². The van der Waals surface area contributed by atoms with E-state index < -0.39 is 30.1 Å². The number of aliphatic hydroxyl groups is 2. The summed E-state index contributed by atoms with van der Waals surface area (Å²) >= 11 is 0. The fraction of sp³-hybridized carbons (Fsp3) is 0.509. The van der Waals surface area contributed by atoms with E-state index in [4.69, 9.17) is 43.2 Å². The van der Waals surface area contributed by atoms with Crippen molar-refractivity contribution in [3.05, 3.63) is 114 Å². The normalized spacial score (nSPS) is 25.5. The Hall–Kier alpha value is -5.34. The van der Waals surface area contributed by atoms with Crippen molar-refractivity contribution < 1.29 is 53.0 Å². The van der Waals surface area contributed by atoms with Crippen LogP contribution >= 0.6 is 0 Å². The minimum Gasteiger partial charge on any atom is -0.459 e. The number of carbonyl (C=O) groups excluding carboxylic acids is 1. The summed E-state index contributed by atoms with van der Waals surface area (Å²) in [6, 6.07) is 16.9. The molecule has 1 saturated heterocycles. The first-order valence-electron chi connectivity index (χ1n) is 23.8. The van der Waals surface area contributed by atoms with E-state index in [0.29, 0.717) is 61.0 Å². The molecule has 1 saturated carbocycles. The van der Waals surface area contributed by atoms with Crippen LogP contribution < -0.4 is 18.9 Å². The molecule has 2 fully saturated rings. The molecule has 3 aromatic rings. The van der Waals surface area contributed by atoms with Crippen LogP contribution in [-0.4, -0.2) is 84.9 Å². The lowest BCUT2D eigenvalue weighted by Gasteiger charge is -2.59. The molecule has 0 bridgehead atoms. The van der Waals surface area contributed by atoms with Crippen molar-refractivity contribution in [1.29, 1.82) is 0 Å². The number of rotatable bonds is 21. The average Bonchev–Trinajstić information content (AvgIpc) is 3.80. The Kier molecular flexibility index (Phi) is 15.7. The van der Waals surface area contributed by atoms with Crippen LogP contribution in [-0.2, 0) is 25.6 Å². The monoisotopic (exact) mass is 906 g/mol. The highest BCUT2D eigenvalue weighted by Gasteiger charge is 2.66. The van der Waals surface area contributed by atoms with Crippen LogP contribution in [0.5, 0.6) is 28.7 Å². The van der Waals surface area contributed by atoms with Gasteiger partial charge in [0.05, 0.1) is 31.5 Å². The van der Waals surface area contributed by atoms with E-state index in [9.17, 15) is 15.0 Å². The van der Waals surface area contributed by atoms with Crippen molar-refractivity contribution in [2.24, 2.45) is 22.9 Å². The highest BCUT2D eigenvalue weighted by Crippen LogP contribution is 2.62. The number of unbranched alkanes of at least 4 members (excludes halogenated alkanes) is 2. The second-order valence-corrected chi connectivity index (χ2v) is 18.0. The zero-order chi connectivity index (χ0) is 46.0. The van der Waals surface area contributed by atoms with Gasteiger partial charge in [0.2, 0.25) is 18.9 Å². The summed E-state index contributed by atoms with van der Waals surface area (Å²) in [5.41, 5.74) is 5.66. The van der Waals surface area contributed by atoms with Crippen LogP contribution in [0.25, 0.3) is 0 Å². The minimum atomic E-state index is -1.49. The summed E-state index contributed by atoms with van der Waals surface area (Å²) in [4.78, 5) is 22.9. The number of allylic oxidation sites excluding steroid dienone is 1. The first-order valence-corrected chi connectivity index (χ1v) is 23.8. The second kappa shape index (κ2) is 22.0. The lowest BCUT2D eigenvalue weighted by molar-refractivity contribution is -0.256. The van der Waals surface area contributed by atoms with Crippen molar-refractivity contribution in [3.63, 3.8) is 0 Å². The third-order valence-corrected chi connectivity index (χ3v) is 13.7. The lowest BCUT2D eigenvalue weighted by atomic mass is 9.55. The Balaban J connectivity index is 1.33. The smallest absolute Gasteiger partial charge is 0.410 e. The van der Waals surface area contributed by atoms with Gasteiger partial charge in [-0.15, -0.1) is 13.2 Å². The first-order chi connectivity index (χ1) is 32.3. The maximum atomic E-state index is 14.9. The number of aliphatic hydroxyl groups excluding tert-OH is 2. The van der Waals surface area contributed by atoms with Gasteiger partial charge < -0.3 is 48.2 Å². The Morgan fingerprint density at radius 2 is 1.70 bits per heavy atom. The van der Waals surface area contributed by atoms with Crippen LogP contribution in [0.15, 0.2) is 96.7 Å². The third kappa shape index (κ3) is 10.3. The molecule has 1 amide bonds. The number of carbonyl (C=O) groups is 1. The van der Waals surface area contributed by atoms with Gasteiger partial charge in [-0.05, 0) is 135 Å². The molecule has 3 aliphatic heterocycles. The van der Waals surface area contributed by atoms with E-state index in [1.807, 2.05) is 42.5 Å². The molecule has 0 aromatic heterocycles. The zero-order valence-corrected chi connectivity index (χ0v) is 38.5. The predicted octanol–water partition coefficient (Wildman–Crippen LogP) is 10.2. The number of ether oxygens (including phenoxy) is 7. The van der Waals surface area contributed by atoms with Gasteiger partial charge in [-0.3, -0.25) is 4.90 Å². The molecule has 66 heavy (non-hydrogen) atoms. The van der Waals surface area contributed by atoms with E-state index in [0.717, 1.165) is 66.5 Å². The van der Waals surface area contributed by atoms with Gasteiger partial charge in [0.1, 0.15) is 23.3 Å². The van der Waals surface area contributed by atoms with Gasteiger partial charge in [0, 0.05) is 44.1 Å². The van der Waals surface area contributed by atoms with Gasteiger partial charge >= 0.3 is 6.09 Å². The maximum Gasteiger partial charge on any atom is 0.410 e. The topological polar surface area (TPSA) is 147 Å². The first kappa shape index (κ1) is 47.2. The van der Waals surface area contributed by atoms with Gasteiger partial charge in [0.25, 0.3) is 0 Å². The molecular formula is C53H66N2O11. The molecule has 2 aliphatic carbocycles. The summed E-state index contributed by atoms with van der Waals surface area (Å²) in [5, 5.41) is 25.1. The largest absolute Gasteiger partial charge is 0.459 e. The molecule has 3 aromatic carbocycles. The number of aryl methyl sites for hydroxylation is 2. The summed E-state index contributed by atoms with van der Waals surface area (Å²) < 4.78 is 44.8. The molecule has 3 heterocycles. The Morgan fingerprint density at radius 3 is 2.47 bits per heavy atom. The van der Waals surface area contributed by atoms with Crippen molar-refractivity contribution in [2.75, 3.05) is 39.8 Å². The molecule has 7 unspecified atom stereocenters. The quantitative estimate of drug-likeness (QED) is 0.0598. The molecule has 8 rings (SSSR count). The standard InChI is InChI=1S/C53H66N2O11/c1-5-7-26-60-52(58)55(33-37-18-21-46-47(29-37)62-34-61-46)48-32-44(54-66-49-16-10-13-27-59-49)42-30-38(14-8-11-23-56)41(15-9-12-24-57)50-43-31-40(64-39-19-17-35(3)36(4)28-39)20-22-45(43)65-53(48,51(42)50)63-25-6-2/h5-6,17-22,28-31,38,41,48-51,56-57H,1-2,7-16,23-27,32-34H2,3-4H3. The Labute approximate surface area is 388 Å². The van der Waals surface area contributed by atoms with E-state index in [-0.39, 0.29) is 63.9 Å². The van der Waals surface area contributed by atoms with Crippen LogP contribution in [0, 0.1) is 31.6 Å². The summed E-state index contributed by atoms with van der Waals surface area (Å²) in [5.74, 6) is 1.06. The van der Waals surface area contributed by atoms with Crippen LogP contribution in [0.2, 0.25) is 0 Å². The van der Waals surface area contributed by atoms with Gasteiger partial charge in [-0.2, -0.15) is 0 Å². The SMILES string of the molecule is C=CCCOC(=O)N(Cc1ccc2c(c1)OCO2)C1CC(=NOC2CCCCO2)C2=CC(CCCCO)C(CCCCO)C3c4cc(Oc5ccc(C)c(C)c5)ccc4OC1(OCC=C)C23. The fourth-order valence-corrected chi connectivity index (χ4v) is 10.4. The van der Waals surface area contributed by atoms with Crippen molar-refractivity contribution in [1.82, 2.24) is 4.90 Å². The summed E-state index contributed by atoms with van der Waals surface area (Å²) in [6.45, 7) is 13.3. The maximum absolute atomic E-state index is 14.9. The molecule has 7 atom stereocenters. The zero-order valence-electron chi connectivity index (χ0n) is 38.5. The van der Waals surface area contributed by atoms with Crippen molar-refractivity contribution in [3.8, 4) is 28.7 Å². The molecule has 5 aliphatic rings. The summed E-state index contributed by atoms with van der Waals surface area (Å²) in [7, 11) is 0. The number of hydrogen-bond donors (Lipinski definition) is 2. The average molecular weight is 907 g/mol. The Morgan fingerprint density at radius 1 is 0.909 bits per heavy atom. The van der Waals surface area contributed by atoms with E-state index >= 15 is 0 Å². The van der Waals surface area contributed by atoms with Crippen LogP contribution in [0.4, 0.5) is 4.79 Å². The molecule has 354 valence electrons. The van der Waals surface area contributed by atoms with Gasteiger partial charge in [-0.25, -0.2) is 4.79 Å². The minimum absolute atomic E-state index is 0.0275. The fourth-order valence-electron chi connectivity index (χ4n) is 10.4. The number of fused-ring (bicyclic) bond motifs is 3. The number of benzene rings is 3. The third-order valence-electron chi connectivity index (χ3n) is 13.7.